The Morgan fingerprint density at radius 3 is 2.94 bits per heavy atom. The minimum Gasteiger partial charge on any atom is -0.493 e. The van der Waals surface area contributed by atoms with Crippen molar-refractivity contribution in [3.8, 4) is 11.5 Å². The van der Waals surface area contributed by atoms with E-state index in [0.717, 1.165) is 31.4 Å². The van der Waals surface area contributed by atoms with Gasteiger partial charge in [0.2, 0.25) is 0 Å². The van der Waals surface area contributed by atoms with Gasteiger partial charge in [-0.15, -0.1) is 0 Å². The highest BCUT2D eigenvalue weighted by Gasteiger charge is 2.15. The zero-order valence-electron chi connectivity index (χ0n) is 10.7. The van der Waals surface area contributed by atoms with Crippen LogP contribution >= 0.6 is 0 Å². The Morgan fingerprint density at radius 1 is 1.39 bits per heavy atom. The SMILES string of the molecule is COc1ccc(CO)cc1OCCC1CCCO1. The molecule has 0 bridgehead atoms. The number of hydrogen-bond acceptors (Lipinski definition) is 4. The number of benzene rings is 1. The smallest absolute Gasteiger partial charge is 0.161 e. The van der Waals surface area contributed by atoms with Gasteiger partial charge in [-0.3, -0.25) is 0 Å². The van der Waals surface area contributed by atoms with Gasteiger partial charge in [-0.1, -0.05) is 6.07 Å². The zero-order valence-corrected chi connectivity index (χ0v) is 10.7. The van der Waals surface area contributed by atoms with Crippen molar-refractivity contribution >= 4 is 0 Å². The molecule has 1 aromatic carbocycles. The standard InChI is InChI=1S/C14H20O4/c1-16-13-5-4-11(10-15)9-14(13)18-8-6-12-3-2-7-17-12/h4-5,9,12,15H,2-3,6-8,10H2,1H3. The lowest BCUT2D eigenvalue weighted by Crippen LogP contribution is -2.11. The van der Waals surface area contributed by atoms with E-state index in [1.807, 2.05) is 18.2 Å². The van der Waals surface area contributed by atoms with Crippen molar-refractivity contribution in [3.05, 3.63) is 23.8 Å². The molecule has 0 saturated carbocycles. The molecular formula is C14H20O4. The van der Waals surface area contributed by atoms with Crippen molar-refractivity contribution in [2.75, 3.05) is 20.3 Å². The Bertz CT molecular complexity index is 372. The van der Waals surface area contributed by atoms with Crippen molar-refractivity contribution in [2.24, 2.45) is 0 Å². The summed E-state index contributed by atoms with van der Waals surface area (Å²) >= 11 is 0. The first kappa shape index (κ1) is 13.2. The van der Waals surface area contributed by atoms with Crippen molar-refractivity contribution < 1.29 is 19.3 Å². The predicted molar refractivity (Wildman–Crippen MR) is 68.0 cm³/mol. The average molecular weight is 252 g/mol. The molecule has 0 aromatic heterocycles. The summed E-state index contributed by atoms with van der Waals surface area (Å²) in [5, 5.41) is 9.11. The summed E-state index contributed by atoms with van der Waals surface area (Å²) in [5.41, 5.74) is 0.822. The lowest BCUT2D eigenvalue weighted by Gasteiger charge is -2.13. The molecular weight excluding hydrogens is 232 g/mol. The quantitative estimate of drug-likeness (QED) is 0.842. The lowest BCUT2D eigenvalue weighted by molar-refractivity contribution is 0.0898. The van der Waals surface area contributed by atoms with Crippen molar-refractivity contribution in [2.45, 2.75) is 32.0 Å². The van der Waals surface area contributed by atoms with Crippen LogP contribution in [-0.2, 0) is 11.3 Å². The minimum absolute atomic E-state index is 0.00604. The lowest BCUT2D eigenvalue weighted by atomic mass is 10.2. The van der Waals surface area contributed by atoms with Gasteiger partial charge in [0.15, 0.2) is 11.5 Å². The topological polar surface area (TPSA) is 47.9 Å². The van der Waals surface area contributed by atoms with Crippen LogP contribution in [0.25, 0.3) is 0 Å². The van der Waals surface area contributed by atoms with Crippen LogP contribution in [0.4, 0.5) is 0 Å². The summed E-state index contributed by atoms with van der Waals surface area (Å²) in [7, 11) is 1.61. The molecule has 1 aromatic rings. The third-order valence-corrected chi connectivity index (χ3v) is 3.13. The van der Waals surface area contributed by atoms with Gasteiger partial charge in [0.05, 0.1) is 26.4 Å². The summed E-state index contributed by atoms with van der Waals surface area (Å²) in [6, 6.07) is 5.45. The Balaban J connectivity index is 1.89. The summed E-state index contributed by atoms with van der Waals surface area (Å²) in [4.78, 5) is 0. The molecule has 1 aliphatic rings. The number of ether oxygens (including phenoxy) is 3. The summed E-state index contributed by atoms with van der Waals surface area (Å²) < 4.78 is 16.5. The fourth-order valence-corrected chi connectivity index (χ4v) is 2.10. The second-order valence-corrected chi connectivity index (χ2v) is 4.42. The molecule has 18 heavy (non-hydrogen) atoms. The Kier molecular flexibility index (Phi) is 4.84. The Labute approximate surface area is 107 Å². The average Bonchev–Trinajstić information content (AvgIpc) is 2.92. The highest BCUT2D eigenvalue weighted by Crippen LogP contribution is 2.28. The molecule has 2 rings (SSSR count). The van der Waals surface area contributed by atoms with Crippen LogP contribution in [-0.4, -0.2) is 31.5 Å². The third-order valence-electron chi connectivity index (χ3n) is 3.13. The predicted octanol–water partition coefficient (Wildman–Crippen LogP) is 2.14. The number of methoxy groups -OCH3 is 1. The molecule has 0 spiro atoms. The maximum atomic E-state index is 9.11. The second-order valence-electron chi connectivity index (χ2n) is 4.42. The molecule has 0 radical (unpaired) electrons. The molecule has 1 saturated heterocycles. The molecule has 0 aliphatic carbocycles. The normalized spacial score (nSPS) is 18.9. The first-order valence-corrected chi connectivity index (χ1v) is 6.35. The molecule has 1 atom stereocenters. The molecule has 0 amide bonds. The minimum atomic E-state index is 0.00604. The number of rotatable bonds is 6. The number of aliphatic hydroxyl groups excluding tert-OH is 1. The van der Waals surface area contributed by atoms with Gasteiger partial charge in [-0.2, -0.15) is 0 Å². The van der Waals surface area contributed by atoms with Crippen LogP contribution in [0.15, 0.2) is 18.2 Å². The van der Waals surface area contributed by atoms with E-state index < -0.39 is 0 Å². The van der Waals surface area contributed by atoms with E-state index in [4.69, 9.17) is 19.3 Å². The van der Waals surface area contributed by atoms with E-state index in [0.29, 0.717) is 24.2 Å². The van der Waals surface area contributed by atoms with E-state index in [-0.39, 0.29) is 6.61 Å². The Morgan fingerprint density at radius 2 is 2.28 bits per heavy atom. The van der Waals surface area contributed by atoms with Crippen molar-refractivity contribution in [1.82, 2.24) is 0 Å². The fraction of sp³-hybridized carbons (Fsp3) is 0.571. The van der Waals surface area contributed by atoms with Gasteiger partial charge in [0.1, 0.15) is 0 Å². The summed E-state index contributed by atoms with van der Waals surface area (Å²) in [6.07, 6.45) is 3.49. The van der Waals surface area contributed by atoms with Gasteiger partial charge in [-0.05, 0) is 30.5 Å². The Hall–Kier alpha value is -1.26. The van der Waals surface area contributed by atoms with Crippen LogP contribution in [0, 0.1) is 0 Å². The monoisotopic (exact) mass is 252 g/mol. The van der Waals surface area contributed by atoms with Crippen LogP contribution in [0.1, 0.15) is 24.8 Å². The largest absolute Gasteiger partial charge is 0.493 e. The molecule has 4 nitrogen and oxygen atoms in total. The van der Waals surface area contributed by atoms with Gasteiger partial charge in [0.25, 0.3) is 0 Å². The summed E-state index contributed by atoms with van der Waals surface area (Å²) in [5.74, 6) is 1.38. The van der Waals surface area contributed by atoms with Gasteiger partial charge >= 0.3 is 0 Å². The van der Waals surface area contributed by atoms with Gasteiger partial charge < -0.3 is 19.3 Å². The van der Waals surface area contributed by atoms with Crippen LogP contribution in [0.2, 0.25) is 0 Å². The van der Waals surface area contributed by atoms with Crippen molar-refractivity contribution in [3.63, 3.8) is 0 Å². The maximum Gasteiger partial charge on any atom is 0.161 e. The van der Waals surface area contributed by atoms with E-state index >= 15 is 0 Å². The number of hydrogen-bond donors (Lipinski definition) is 1. The first-order valence-electron chi connectivity index (χ1n) is 6.35. The van der Waals surface area contributed by atoms with Crippen LogP contribution in [0.5, 0.6) is 11.5 Å². The summed E-state index contributed by atoms with van der Waals surface area (Å²) in [6.45, 7) is 1.48. The van der Waals surface area contributed by atoms with Crippen LogP contribution < -0.4 is 9.47 Å². The van der Waals surface area contributed by atoms with Crippen molar-refractivity contribution in [1.29, 1.82) is 0 Å². The number of aliphatic hydroxyl groups is 1. The molecule has 100 valence electrons. The molecule has 4 heteroatoms. The van der Waals surface area contributed by atoms with E-state index in [1.54, 1.807) is 7.11 Å². The van der Waals surface area contributed by atoms with Crippen LogP contribution in [0.3, 0.4) is 0 Å². The van der Waals surface area contributed by atoms with E-state index in [9.17, 15) is 0 Å². The van der Waals surface area contributed by atoms with Gasteiger partial charge in [0, 0.05) is 13.0 Å². The second kappa shape index (κ2) is 6.61. The third kappa shape index (κ3) is 3.37. The molecule has 1 heterocycles. The first-order chi connectivity index (χ1) is 8.83. The van der Waals surface area contributed by atoms with E-state index in [2.05, 4.69) is 0 Å². The van der Waals surface area contributed by atoms with E-state index in [1.165, 1.54) is 0 Å². The van der Waals surface area contributed by atoms with Gasteiger partial charge in [-0.25, -0.2) is 0 Å². The zero-order chi connectivity index (χ0) is 12.8. The molecule has 1 unspecified atom stereocenters. The fourth-order valence-electron chi connectivity index (χ4n) is 2.10. The highest BCUT2D eigenvalue weighted by molar-refractivity contribution is 5.42. The molecule has 1 fully saturated rings. The maximum absolute atomic E-state index is 9.11. The highest BCUT2D eigenvalue weighted by atomic mass is 16.5. The molecule has 1 aliphatic heterocycles. The molecule has 1 N–H and O–H groups in total.